The molecule has 1 N–H and O–H groups in total. The van der Waals surface area contributed by atoms with Gasteiger partial charge in [0.1, 0.15) is 6.54 Å². The predicted molar refractivity (Wildman–Crippen MR) is 119 cm³/mol. The normalized spacial score (nSPS) is 12.5. The molecule has 146 valence electrons. The Labute approximate surface area is 175 Å². The van der Waals surface area contributed by atoms with Gasteiger partial charge in [0.2, 0.25) is 15.9 Å². The summed E-state index contributed by atoms with van der Waals surface area (Å²) in [7, 11) is -3.58. The lowest BCUT2D eigenvalue weighted by molar-refractivity contribution is -0.120. The zero-order valence-electron chi connectivity index (χ0n) is 16.2. The Bertz CT molecular complexity index is 940. The van der Waals surface area contributed by atoms with Crippen LogP contribution in [0.1, 0.15) is 35.2 Å². The molecule has 0 radical (unpaired) electrons. The number of rotatable bonds is 6. The topological polar surface area (TPSA) is 66.5 Å². The van der Waals surface area contributed by atoms with E-state index >= 15 is 0 Å². The molecule has 0 aliphatic heterocycles. The van der Waals surface area contributed by atoms with E-state index in [2.05, 4.69) is 47.0 Å². The lowest BCUT2D eigenvalue weighted by atomic mass is 9.96. The molecule has 5 nitrogen and oxygen atoms in total. The minimum Gasteiger partial charge on any atom is -0.348 e. The van der Waals surface area contributed by atoms with Crippen molar-refractivity contribution >= 4 is 44.2 Å². The number of hydrogen-bond acceptors (Lipinski definition) is 3. The first-order valence-electron chi connectivity index (χ1n) is 8.59. The van der Waals surface area contributed by atoms with Gasteiger partial charge in [0.25, 0.3) is 0 Å². The molecule has 1 amide bonds. The maximum absolute atomic E-state index is 12.6. The number of amides is 1. The van der Waals surface area contributed by atoms with Gasteiger partial charge in [-0.2, -0.15) is 0 Å². The number of nitrogens with zero attached hydrogens (tertiary/aromatic N) is 1. The Hall–Kier alpha value is -1.61. The van der Waals surface area contributed by atoms with Crippen LogP contribution < -0.4 is 9.62 Å². The molecule has 0 aromatic heterocycles. The van der Waals surface area contributed by atoms with Crippen LogP contribution in [-0.4, -0.2) is 27.1 Å². The van der Waals surface area contributed by atoms with Crippen LogP contribution in [0.15, 0.2) is 36.4 Å². The van der Waals surface area contributed by atoms with Crippen molar-refractivity contribution in [2.75, 3.05) is 17.1 Å². The van der Waals surface area contributed by atoms with E-state index in [-0.39, 0.29) is 18.5 Å². The molecule has 2 aromatic rings. The molecular weight excluding hydrogens is 475 g/mol. The van der Waals surface area contributed by atoms with Crippen LogP contribution in [-0.2, 0) is 14.8 Å². The first-order chi connectivity index (χ1) is 12.5. The van der Waals surface area contributed by atoms with E-state index in [1.165, 1.54) is 5.56 Å². The summed E-state index contributed by atoms with van der Waals surface area (Å²) in [6, 6.07) is 11.0. The van der Waals surface area contributed by atoms with Crippen molar-refractivity contribution in [3.8, 4) is 0 Å². The molecule has 0 aliphatic carbocycles. The van der Waals surface area contributed by atoms with E-state index in [1.54, 1.807) is 12.1 Å². The molecule has 2 aromatic carbocycles. The highest BCUT2D eigenvalue weighted by Crippen LogP contribution is 2.22. The molecule has 1 atom stereocenters. The first-order valence-corrected chi connectivity index (χ1v) is 11.5. The van der Waals surface area contributed by atoms with E-state index in [9.17, 15) is 13.2 Å². The minimum atomic E-state index is -3.58. The van der Waals surface area contributed by atoms with Crippen LogP contribution in [0.3, 0.4) is 0 Å². The van der Waals surface area contributed by atoms with Crippen LogP contribution in [0, 0.1) is 24.3 Å². The maximum Gasteiger partial charge on any atom is 0.241 e. The molecule has 7 heteroatoms. The fourth-order valence-electron chi connectivity index (χ4n) is 2.95. The third-order valence-corrected chi connectivity index (χ3v) is 6.39. The van der Waals surface area contributed by atoms with Gasteiger partial charge in [0.15, 0.2) is 0 Å². The van der Waals surface area contributed by atoms with Gasteiger partial charge in [-0.15, -0.1) is 0 Å². The third-order valence-electron chi connectivity index (χ3n) is 4.53. The van der Waals surface area contributed by atoms with Crippen molar-refractivity contribution in [1.82, 2.24) is 5.32 Å². The zero-order valence-corrected chi connectivity index (χ0v) is 19.2. The van der Waals surface area contributed by atoms with E-state index < -0.39 is 10.0 Å². The highest BCUT2D eigenvalue weighted by Gasteiger charge is 2.22. The first kappa shape index (κ1) is 21.7. The van der Waals surface area contributed by atoms with E-state index in [4.69, 9.17) is 0 Å². The lowest BCUT2D eigenvalue weighted by Gasteiger charge is -2.24. The summed E-state index contributed by atoms with van der Waals surface area (Å²) in [5.41, 5.74) is 4.98. The van der Waals surface area contributed by atoms with Crippen molar-refractivity contribution in [2.24, 2.45) is 0 Å². The Morgan fingerprint density at radius 3 is 2.19 bits per heavy atom. The van der Waals surface area contributed by atoms with Crippen LogP contribution in [0.4, 0.5) is 5.69 Å². The van der Waals surface area contributed by atoms with Gasteiger partial charge < -0.3 is 5.32 Å². The number of carbonyl (C=O) groups excluding carboxylic acids is 1. The summed E-state index contributed by atoms with van der Waals surface area (Å²) < 4.78 is 26.5. The second-order valence-electron chi connectivity index (χ2n) is 6.83. The summed E-state index contributed by atoms with van der Waals surface area (Å²) in [5.74, 6) is -0.343. The van der Waals surface area contributed by atoms with Crippen LogP contribution in [0.5, 0.6) is 0 Å². The second-order valence-corrected chi connectivity index (χ2v) is 9.98. The number of aryl methyl sites for hydroxylation is 3. The molecule has 0 aliphatic rings. The van der Waals surface area contributed by atoms with Crippen molar-refractivity contribution in [1.29, 1.82) is 0 Å². The van der Waals surface area contributed by atoms with Gasteiger partial charge in [-0.1, -0.05) is 12.1 Å². The van der Waals surface area contributed by atoms with Crippen molar-refractivity contribution in [3.63, 3.8) is 0 Å². The fraction of sp³-hybridized carbons (Fsp3) is 0.350. The molecule has 2 rings (SSSR count). The Morgan fingerprint density at radius 1 is 1.07 bits per heavy atom. The highest BCUT2D eigenvalue weighted by molar-refractivity contribution is 14.1. The zero-order chi connectivity index (χ0) is 20.4. The van der Waals surface area contributed by atoms with Gasteiger partial charge in [-0.05, 0) is 96.8 Å². The van der Waals surface area contributed by atoms with Gasteiger partial charge in [0.05, 0.1) is 18.0 Å². The smallest absolute Gasteiger partial charge is 0.241 e. The highest BCUT2D eigenvalue weighted by atomic mass is 127. The number of halogens is 1. The monoisotopic (exact) mass is 500 g/mol. The summed E-state index contributed by atoms with van der Waals surface area (Å²) >= 11 is 2.15. The Morgan fingerprint density at radius 2 is 1.63 bits per heavy atom. The number of nitrogens with one attached hydrogen (secondary N) is 1. The molecule has 0 fully saturated rings. The molecule has 27 heavy (non-hydrogen) atoms. The number of sulfonamides is 1. The molecule has 0 bridgehead atoms. The van der Waals surface area contributed by atoms with E-state index in [1.807, 2.05) is 32.9 Å². The van der Waals surface area contributed by atoms with Crippen molar-refractivity contribution in [2.45, 2.75) is 33.7 Å². The number of carbonyl (C=O) groups is 1. The molecule has 1 unspecified atom stereocenters. The van der Waals surface area contributed by atoms with Crippen LogP contribution in [0.25, 0.3) is 0 Å². The van der Waals surface area contributed by atoms with Crippen molar-refractivity contribution < 1.29 is 13.2 Å². The minimum absolute atomic E-state index is 0.213. The molecule has 0 spiro atoms. The van der Waals surface area contributed by atoms with Gasteiger partial charge >= 0.3 is 0 Å². The van der Waals surface area contributed by atoms with Gasteiger partial charge in [0, 0.05) is 3.57 Å². The predicted octanol–water partition coefficient (Wildman–Crippen LogP) is 3.86. The summed E-state index contributed by atoms with van der Waals surface area (Å²) in [4.78, 5) is 12.6. The van der Waals surface area contributed by atoms with Crippen molar-refractivity contribution in [3.05, 3.63) is 62.2 Å². The maximum atomic E-state index is 12.6. The van der Waals surface area contributed by atoms with Gasteiger partial charge in [-0.25, -0.2) is 8.42 Å². The molecule has 0 heterocycles. The Kier molecular flexibility index (Phi) is 6.91. The van der Waals surface area contributed by atoms with E-state index in [0.717, 1.165) is 30.8 Å². The number of anilines is 1. The molecular formula is C20H25IN2O3S. The fourth-order valence-corrected chi connectivity index (χ4v) is 4.17. The lowest BCUT2D eigenvalue weighted by Crippen LogP contribution is -2.41. The largest absolute Gasteiger partial charge is 0.348 e. The summed E-state index contributed by atoms with van der Waals surface area (Å²) in [6.45, 7) is 7.76. The van der Waals surface area contributed by atoms with E-state index in [0.29, 0.717) is 5.69 Å². The SMILES string of the molecule is Cc1cc(C)c(C(C)NC(=O)CN(c2ccc(I)cc2)S(C)(=O)=O)cc1C. The van der Waals surface area contributed by atoms with Crippen LogP contribution >= 0.6 is 22.6 Å². The third kappa shape index (κ3) is 5.68. The summed E-state index contributed by atoms with van der Waals surface area (Å²) in [5, 5.41) is 2.92. The molecule has 0 saturated carbocycles. The average Bonchev–Trinajstić information content (AvgIpc) is 2.56. The average molecular weight is 500 g/mol. The standard InChI is InChI=1S/C20H25IN2O3S/c1-13-10-15(3)19(11-14(13)2)16(4)22-20(24)12-23(27(5,25)26)18-8-6-17(21)7-9-18/h6-11,16H,12H2,1-5H3,(H,22,24). The van der Waals surface area contributed by atoms with Gasteiger partial charge in [-0.3, -0.25) is 9.10 Å². The van der Waals surface area contributed by atoms with Crippen LogP contribution in [0.2, 0.25) is 0 Å². The summed E-state index contributed by atoms with van der Waals surface area (Å²) in [6.07, 6.45) is 1.11. The molecule has 0 saturated heterocycles. The second kappa shape index (κ2) is 8.60. The quantitative estimate of drug-likeness (QED) is 0.613. The number of benzene rings is 2. The number of hydrogen-bond donors (Lipinski definition) is 1. The Balaban J connectivity index is 2.19.